The van der Waals surface area contributed by atoms with Gasteiger partial charge in [-0.25, -0.2) is 4.79 Å². The molecule has 0 bridgehead atoms. The predicted octanol–water partition coefficient (Wildman–Crippen LogP) is 12.0. The van der Waals surface area contributed by atoms with Gasteiger partial charge in [0.15, 0.2) is 0 Å². The average molecular weight is 837 g/mol. The molecule has 9 heteroatoms. The van der Waals surface area contributed by atoms with Gasteiger partial charge in [0, 0.05) is 12.8 Å². The van der Waals surface area contributed by atoms with Gasteiger partial charge in [-0.1, -0.05) is 163 Å². The molecule has 60 heavy (non-hydrogen) atoms. The average Bonchev–Trinajstić information content (AvgIpc) is 3.23. The molecule has 2 unspecified atom stereocenters. The zero-order chi connectivity index (χ0) is 44.0. The molecule has 0 radical (unpaired) electrons. The first-order valence-electron chi connectivity index (χ1n) is 23.5. The summed E-state index contributed by atoms with van der Waals surface area (Å²) in [6.45, 7) is 3.27. The van der Waals surface area contributed by atoms with Gasteiger partial charge >= 0.3 is 11.9 Å². The van der Waals surface area contributed by atoms with Crippen LogP contribution in [0.2, 0.25) is 0 Å². The monoisotopic (exact) mass is 837 g/mol. The van der Waals surface area contributed by atoms with Gasteiger partial charge in [0.25, 0.3) is 0 Å². The van der Waals surface area contributed by atoms with E-state index in [2.05, 4.69) is 97.4 Å². The Morgan fingerprint density at radius 2 is 1.00 bits per heavy atom. The van der Waals surface area contributed by atoms with Crippen LogP contribution in [0.25, 0.3) is 0 Å². The number of aliphatic hydroxyl groups excluding tert-OH is 1. The summed E-state index contributed by atoms with van der Waals surface area (Å²) in [6, 6.07) is -1.42. The second-order valence-electron chi connectivity index (χ2n) is 15.5. The number of aliphatic hydroxyl groups is 1. The van der Waals surface area contributed by atoms with Crippen LogP contribution in [-0.4, -0.2) is 59.3 Å². The quantitative estimate of drug-likeness (QED) is 0.0273. The molecule has 2 atom stereocenters. The third kappa shape index (κ3) is 40.8. The van der Waals surface area contributed by atoms with Crippen molar-refractivity contribution >= 4 is 23.8 Å². The molecular formula is C51H84N2O7. The number of hydrogen-bond acceptors (Lipinski definition) is 6. The van der Waals surface area contributed by atoms with Gasteiger partial charge in [0.2, 0.25) is 11.8 Å². The predicted molar refractivity (Wildman–Crippen MR) is 250 cm³/mol. The van der Waals surface area contributed by atoms with Gasteiger partial charge in [0.05, 0.1) is 13.2 Å². The van der Waals surface area contributed by atoms with Crippen molar-refractivity contribution in [1.82, 2.24) is 10.6 Å². The Morgan fingerprint density at radius 3 is 1.52 bits per heavy atom. The molecule has 0 saturated heterocycles. The fourth-order valence-electron chi connectivity index (χ4n) is 6.28. The highest BCUT2D eigenvalue weighted by atomic mass is 16.5. The standard InChI is InChI=1S/C51H84N2O7/c1-3-5-7-9-11-13-15-17-19-20-21-22-23-24-25-27-29-31-33-35-37-43-50(57)60-46(40-36-34-32-30-28-26-18-16-14-12-10-8-6-4-2)41-38-39-42-48(55)52-44-49(56)53-47(45-54)51(58)59/h6,8,12,14-15,17-18,20-21,26,30,32,36,40,46-47,54H,3-5,7,9-11,13,16,19,22-25,27-29,31,33-35,37-39,41-45H2,1-2H3,(H,52,55)(H,53,56)(H,58,59)/b8-6-,14-12-,17-15-,21-20-,26-18-,32-30-,40-36-. The Hall–Kier alpha value is -3.98. The van der Waals surface area contributed by atoms with Crippen molar-refractivity contribution in [3.63, 3.8) is 0 Å². The maximum atomic E-state index is 12.8. The summed E-state index contributed by atoms with van der Waals surface area (Å²) in [6.07, 6.45) is 57.7. The van der Waals surface area contributed by atoms with Crippen molar-refractivity contribution in [3.05, 3.63) is 85.1 Å². The Labute approximate surface area is 365 Å². The van der Waals surface area contributed by atoms with Crippen LogP contribution in [0, 0.1) is 0 Å². The highest BCUT2D eigenvalue weighted by molar-refractivity contribution is 5.87. The Balaban J connectivity index is 4.45. The molecule has 9 nitrogen and oxygen atoms in total. The van der Waals surface area contributed by atoms with E-state index in [9.17, 15) is 19.2 Å². The fraction of sp³-hybridized carbons (Fsp3) is 0.647. The van der Waals surface area contributed by atoms with Gasteiger partial charge < -0.3 is 25.6 Å². The number of rotatable bonds is 41. The second kappa shape index (κ2) is 44.6. The van der Waals surface area contributed by atoms with E-state index in [-0.39, 0.29) is 30.9 Å². The zero-order valence-corrected chi connectivity index (χ0v) is 37.7. The van der Waals surface area contributed by atoms with E-state index < -0.39 is 24.5 Å². The summed E-state index contributed by atoms with van der Waals surface area (Å²) in [7, 11) is 0. The number of carboxylic acids is 1. The van der Waals surface area contributed by atoms with E-state index in [1.165, 1.54) is 83.5 Å². The summed E-state index contributed by atoms with van der Waals surface area (Å²) in [5.74, 6) is -2.58. The van der Waals surface area contributed by atoms with E-state index in [0.717, 1.165) is 57.8 Å². The molecule has 0 aliphatic carbocycles. The van der Waals surface area contributed by atoms with Crippen LogP contribution in [0.15, 0.2) is 85.1 Å². The Bertz CT molecular complexity index is 1280. The van der Waals surface area contributed by atoms with Gasteiger partial charge in [-0.2, -0.15) is 0 Å². The number of esters is 1. The molecule has 0 spiro atoms. The summed E-state index contributed by atoms with van der Waals surface area (Å²) in [5.41, 5.74) is 0. The first kappa shape index (κ1) is 56.0. The number of unbranched alkanes of at least 4 members (excludes halogenated alkanes) is 15. The van der Waals surface area contributed by atoms with Crippen LogP contribution in [0.4, 0.5) is 0 Å². The first-order chi connectivity index (χ1) is 29.3. The first-order valence-corrected chi connectivity index (χ1v) is 23.5. The summed E-state index contributed by atoms with van der Waals surface area (Å²) in [5, 5.41) is 22.6. The van der Waals surface area contributed by atoms with E-state index >= 15 is 0 Å². The summed E-state index contributed by atoms with van der Waals surface area (Å²) < 4.78 is 5.86. The molecule has 0 rings (SSSR count). The summed E-state index contributed by atoms with van der Waals surface area (Å²) >= 11 is 0. The van der Waals surface area contributed by atoms with E-state index in [4.69, 9.17) is 14.9 Å². The lowest BCUT2D eigenvalue weighted by Crippen LogP contribution is -2.47. The van der Waals surface area contributed by atoms with Crippen LogP contribution in [-0.2, 0) is 23.9 Å². The van der Waals surface area contributed by atoms with Crippen LogP contribution < -0.4 is 10.6 Å². The van der Waals surface area contributed by atoms with E-state index in [1.807, 2.05) is 12.2 Å². The molecule has 0 aliphatic rings. The largest absolute Gasteiger partial charge is 0.480 e. The minimum absolute atomic E-state index is 0.177. The lowest BCUT2D eigenvalue weighted by atomic mass is 10.1. The van der Waals surface area contributed by atoms with Gasteiger partial charge in [-0.15, -0.1) is 0 Å². The molecule has 0 aromatic rings. The number of carbonyl (C=O) groups is 4. The van der Waals surface area contributed by atoms with Crippen molar-refractivity contribution in [2.45, 2.75) is 199 Å². The Kier molecular flexibility index (Phi) is 41.6. The van der Waals surface area contributed by atoms with Crippen molar-refractivity contribution < 1.29 is 34.1 Å². The second-order valence-corrected chi connectivity index (χ2v) is 15.5. The van der Waals surface area contributed by atoms with Crippen LogP contribution in [0.3, 0.4) is 0 Å². The molecular weight excluding hydrogens is 753 g/mol. The van der Waals surface area contributed by atoms with Crippen molar-refractivity contribution in [3.8, 4) is 0 Å². The van der Waals surface area contributed by atoms with E-state index in [1.54, 1.807) is 0 Å². The van der Waals surface area contributed by atoms with E-state index in [0.29, 0.717) is 25.7 Å². The highest BCUT2D eigenvalue weighted by Gasteiger charge is 2.19. The lowest BCUT2D eigenvalue weighted by molar-refractivity contribution is -0.147. The van der Waals surface area contributed by atoms with Crippen molar-refractivity contribution in [1.29, 1.82) is 0 Å². The normalized spacial score (nSPS) is 13.2. The minimum atomic E-state index is -1.42. The van der Waals surface area contributed by atoms with Crippen molar-refractivity contribution in [2.75, 3.05) is 13.2 Å². The highest BCUT2D eigenvalue weighted by Crippen LogP contribution is 2.15. The minimum Gasteiger partial charge on any atom is -0.480 e. The van der Waals surface area contributed by atoms with Crippen LogP contribution in [0.5, 0.6) is 0 Å². The zero-order valence-electron chi connectivity index (χ0n) is 37.7. The van der Waals surface area contributed by atoms with Crippen molar-refractivity contribution in [2.24, 2.45) is 0 Å². The number of carbonyl (C=O) groups excluding carboxylic acids is 3. The molecule has 340 valence electrons. The molecule has 0 aromatic heterocycles. The van der Waals surface area contributed by atoms with Gasteiger partial charge in [-0.05, 0) is 96.0 Å². The maximum Gasteiger partial charge on any atom is 0.328 e. The third-order valence-electron chi connectivity index (χ3n) is 9.86. The molecule has 4 N–H and O–H groups in total. The number of amides is 2. The maximum absolute atomic E-state index is 12.8. The molecule has 0 heterocycles. The number of nitrogens with one attached hydrogen (secondary N) is 2. The molecule has 0 saturated carbocycles. The third-order valence-corrected chi connectivity index (χ3v) is 9.86. The fourth-order valence-corrected chi connectivity index (χ4v) is 6.28. The number of ether oxygens (including phenoxy) is 1. The number of aliphatic carboxylic acids is 1. The number of hydrogen-bond donors (Lipinski definition) is 4. The Morgan fingerprint density at radius 1 is 0.533 bits per heavy atom. The van der Waals surface area contributed by atoms with Gasteiger partial charge in [0.1, 0.15) is 12.1 Å². The molecule has 0 aromatic carbocycles. The SMILES string of the molecule is CC/C=C\C/C=C\C/C=C\C/C=C\C/C=C\C(CCCCC(=O)NCC(=O)NC(CO)C(=O)O)OC(=O)CCCCCCCCCCC/C=C\C/C=C\CCCCCCC. The van der Waals surface area contributed by atoms with Gasteiger partial charge in [-0.3, -0.25) is 14.4 Å². The molecule has 0 aliphatic heterocycles. The topological polar surface area (TPSA) is 142 Å². The smallest absolute Gasteiger partial charge is 0.328 e. The van der Waals surface area contributed by atoms with Crippen LogP contribution in [0.1, 0.15) is 187 Å². The lowest BCUT2D eigenvalue weighted by Gasteiger charge is -2.15. The van der Waals surface area contributed by atoms with Crippen LogP contribution >= 0.6 is 0 Å². The molecule has 0 fully saturated rings. The number of allylic oxidation sites excluding steroid dienone is 13. The summed E-state index contributed by atoms with van der Waals surface area (Å²) in [4.78, 5) is 47.9. The molecule has 2 amide bonds. The number of carboxylic acid groups (broad SMARTS) is 1.